The van der Waals surface area contributed by atoms with Crippen molar-refractivity contribution in [3.63, 3.8) is 0 Å². The minimum Gasteiger partial charge on any atom is -0.454 e. The number of nitriles is 1. The van der Waals surface area contributed by atoms with Crippen molar-refractivity contribution in [2.75, 3.05) is 33.1 Å². The fourth-order valence-corrected chi connectivity index (χ4v) is 7.66. The first-order chi connectivity index (χ1) is 21.6. The molecule has 0 bridgehead atoms. The van der Waals surface area contributed by atoms with Crippen molar-refractivity contribution in [3.8, 4) is 17.6 Å². The molecule has 2 aromatic carbocycles. The number of sulfonamides is 1. The molecule has 12 nitrogen and oxygen atoms in total. The SMILES string of the molecule is CC(C)(CCCC#N)CN(C[C@H](O)[C@H](Cc1ccccc1)NC(=O)O[C@H]1CO[C@H]2OCC[C@H]21)S(=O)(=O)c1ccc2c(c1)OCO2. The normalized spacial score (nSPS) is 22.1. The van der Waals surface area contributed by atoms with Crippen LogP contribution in [0.1, 0.15) is 45.1 Å². The molecule has 0 aliphatic carbocycles. The van der Waals surface area contributed by atoms with Gasteiger partial charge in [-0.3, -0.25) is 0 Å². The van der Waals surface area contributed by atoms with Gasteiger partial charge in [0.05, 0.1) is 42.2 Å². The second-order valence-corrected chi connectivity index (χ2v) is 14.4. The maximum Gasteiger partial charge on any atom is 0.407 e. The molecule has 2 saturated heterocycles. The zero-order valence-corrected chi connectivity index (χ0v) is 26.4. The van der Waals surface area contributed by atoms with Crippen LogP contribution in [0, 0.1) is 22.7 Å². The van der Waals surface area contributed by atoms with E-state index in [0.717, 1.165) is 12.0 Å². The Morgan fingerprint density at radius 1 is 1.18 bits per heavy atom. The molecule has 2 N–H and O–H groups in total. The van der Waals surface area contributed by atoms with Crippen molar-refractivity contribution in [1.29, 1.82) is 5.26 Å². The number of carbonyl (C=O) groups is 1. The Balaban J connectivity index is 1.37. The number of benzene rings is 2. The highest BCUT2D eigenvalue weighted by molar-refractivity contribution is 7.89. The van der Waals surface area contributed by atoms with Crippen LogP contribution in [0.2, 0.25) is 0 Å². The van der Waals surface area contributed by atoms with E-state index < -0.39 is 39.8 Å². The molecular weight excluding hydrogens is 602 g/mol. The minimum atomic E-state index is -4.15. The number of alkyl carbamates (subject to hydrolysis) is 1. The van der Waals surface area contributed by atoms with E-state index in [1.54, 1.807) is 6.07 Å². The van der Waals surface area contributed by atoms with E-state index in [9.17, 15) is 18.3 Å². The quantitative estimate of drug-likeness (QED) is 0.292. The zero-order valence-electron chi connectivity index (χ0n) is 25.6. The molecule has 0 saturated carbocycles. The lowest BCUT2D eigenvalue weighted by atomic mass is 9.87. The van der Waals surface area contributed by atoms with Gasteiger partial charge >= 0.3 is 6.09 Å². The van der Waals surface area contributed by atoms with E-state index in [2.05, 4.69) is 11.4 Å². The van der Waals surface area contributed by atoms with Crippen molar-refractivity contribution >= 4 is 16.1 Å². The maximum atomic E-state index is 14.1. The van der Waals surface area contributed by atoms with Crippen molar-refractivity contribution < 1.29 is 42.0 Å². The van der Waals surface area contributed by atoms with Gasteiger partial charge in [0.2, 0.25) is 16.8 Å². The Hall–Kier alpha value is -3.41. The fourth-order valence-electron chi connectivity index (χ4n) is 5.99. The number of nitrogens with one attached hydrogen (secondary N) is 1. The topological polar surface area (TPSA) is 157 Å². The van der Waals surface area contributed by atoms with Crippen LogP contribution in [-0.2, 0) is 30.7 Å². The van der Waals surface area contributed by atoms with Gasteiger partial charge in [0.25, 0.3) is 0 Å². The van der Waals surface area contributed by atoms with E-state index in [1.807, 2.05) is 44.2 Å². The Morgan fingerprint density at radius 2 is 1.96 bits per heavy atom. The second-order valence-electron chi connectivity index (χ2n) is 12.5. The summed E-state index contributed by atoms with van der Waals surface area (Å²) in [4.78, 5) is 13.1. The summed E-state index contributed by atoms with van der Waals surface area (Å²) in [5.41, 5.74) is 0.321. The van der Waals surface area contributed by atoms with E-state index in [1.165, 1.54) is 16.4 Å². The van der Waals surface area contributed by atoms with Crippen molar-refractivity contribution in [2.24, 2.45) is 11.3 Å². The van der Waals surface area contributed by atoms with E-state index >= 15 is 0 Å². The lowest BCUT2D eigenvalue weighted by Crippen LogP contribution is -2.52. The molecule has 0 radical (unpaired) electrons. The summed E-state index contributed by atoms with van der Waals surface area (Å²) < 4.78 is 57.2. The number of nitrogens with zero attached hydrogens (tertiary/aromatic N) is 2. The summed E-state index contributed by atoms with van der Waals surface area (Å²) in [5, 5.41) is 23.5. The maximum absolute atomic E-state index is 14.1. The van der Waals surface area contributed by atoms with Crippen LogP contribution in [0.5, 0.6) is 11.5 Å². The van der Waals surface area contributed by atoms with E-state index in [0.29, 0.717) is 37.4 Å². The predicted octanol–water partition coefficient (Wildman–Crippen LogP) is 3.59. The van der Waals surface area contributed by atoms with Crippen molar-refractivity contribution in [1.82, 2.24) is 9.62 Å². The molecule has 3 aliphatic rings. The molecule has 0 spiro atoms. The van der Waals surface area contributed by atoms with E-state index in [4.69, 9.17) is 28.9 Å². The van der Waals surface area contributed by atoms with E-state index in [-0.39, 0.29) is 50.0 Å². The number of ether oxygens (including phenoxy) is 5. The smallest absolute Gasteiger partial charge is 0.407 e. The number of amides is 1. The van der Waals surface area contributed by atoms with Gasteiger partial charge in [-0.05, 0) is 48.8 Å². The molecule has 13 heteroatoms. The molecule has 5 atom stereocenters. The third-order valence-electron chi connectivity index (χ3n) is 8.43. The van der Waals surface area contributed by atoms with Crippen LogP contribution in [0.4, 0.5) is 4.79 Å². The standard InChI is InChI=1S/C32H41N3O9S/c1-32(2,13-6-7-14-33)20-35(45(38,39)23-10-11-27-28(17-23)43-21-42-27)18-26(36)25(16-22-8-4-3-5-9-22)34-31(37)44-29-19-41-30-24(29)12-15-40-30/h3-5,8-11,17,24-26,29-30,36H,6-7,12-13,15-16,18-21H2,1-2H3,(H,34,37)/t24-,25-,26-,29-,30+/m0/s1. The van der Waals surface area contributed by atoms with Gasteiger partial charge in [0.1, 0.15) is 6.10 Å². The summed E-state index contributed by atoms with van der Waals surface area (Å²) in [5.74, 6) is 0.715. The van der Waals surface area contributed by atoms with Crippen LogP contribution in [0.15, 0.2) is 53.4 Å². The number of rotatable bonds is 14. The van der Waals surface area contributed by atoms with Crippen molar-refractivity contribution in [2.45, 2.75) is 75.4 Å². The van der Waals surface area contributed by atoms with Crippen LogP contribution in [-0.4, -0.2) is 81.6 Å². The third-order valence-corrected chi connectivity index (χ3v) is 10.2. The van der Waals surface area contributed by atoms with Crippen LogP contribution in [0.3, 0.4) is 0 Å². The lowest BCUT2D eigenvalue weighted by Gasteiger charge is -2.35. The van der Waals surface area contributed by atoms with Crippen molar-refractivity contribution in [3.05, 3.63) is 54.1 Å². The third kappa shape index (κ3) is 8.25. The number of aliphatic hydroxyl groups excluding tert-OH is 1. The zero-order chi connectivity index (χ0) is 32.0. The van der Waals surface area contributed by atoms with Gasteiger partial charge in [-0.15, -0.1) is 0 Å². The summed E-state index contributed by atoms with van der Waals surface area (Å²) >= 11 is 0. The predicted molar refractivity (Wildman–Crippen MR) is 162 cm³/mol. The largest absolute Gasteiger partial charge is 0.454 e. The van der Waals surface area contributed by atoms with Gasteiger partial charge in [-0.1, -0.05) is 44.2 Å². The Bertz CT molecular complexity index is 1460. The molecular formula is C32H41N3O9S. The fraction of sp³-hybridized carbons (Fsp3) is 0.562. The monoisotopic (exact) mass is 643 g/mol. The highest BCUT2D eigenvalue weighted by Gasteiger charge is 2.44. The summed E-state index contributed by atoms with van der Waals surface area (Å²) in [6, 6.07) is 15.0. The highest BCUT2D eigenvalue weighted by atomic mass is 32.2. The van der Waals surface area contributed by atoms with Gasteiger partial charge < -0.3 is 34.1 Å². The van der Waals surface area contributed by atoms with Crippen LogP contribution in [0.25, 0.3) is 0 Å². The molecule has 0 aromatic heterocycles. The lowest BCUT2D eigenvalue weighted by molar-refractivity contribution is -0.0907. The van der Waals surface area contributed by atoms with Crippen LogP contribution < -0.4 is 14.8 Å². The second kappa shape index (κ2) is 14.3. The first-order valence-corrected chi connectivity index (χ1v) is 16.7. The summed E-state index contributed by atoms with van der Waals surface area (Å²) in [6.45, 7) is 4.37. The van der Waals surface area contributed by atoms with Gasteiger partial charge in [-0.25, -0.2) is 13.2 Å². The molecule has 2 aromatic rings. The van der Waals surface area contributed by atoms with Crippen LogP contribution >= 0.6 is 0 Å². The van der Waals surface area contributed by atoms with Gasteiger partial charge in [-0.2, -0.15) is 9.57 Å². The molecule has 45 heavy (non-hydrogen) atoms. The Kier molecular flexibility index (Phi) is 10.5. The first-order valence-electron chi connectivity index (χ1n) is 15.2. The van der Waals surface area contributed by atoms with Gasteiger partial charge in [0, 0.05) is 25.6 Å². The molecule has 2 fully saturated rings. The highest BCUT2D eigenvalue weighted by Crippen LogP contribution is 2.36. The molecule has 244 valence electrons. The molecule has 1 amide bonds. The number of unbranched alkanes of at least 4 members (excludes halogenated alkanes) is 1. The number of fused-ring (bicyclic) bond motifs is 2. The minimum absolute atomic E-state index is 0.00245. The number of hydrogen-bond acceptors (Lipinski definition) is 10. The molecule has 3 heterocycles. The Labute approximate surface area is 264 Å². The summed E-state index contributed by atoms with van der Waals surface area (Å²) in [7, 11) is -4.15. The first kappa shape index (κ1) is 33.0. The number of hydrogen-bond donors (Lipinski definition) is 2. The molecule has 3 aliphatic heterocycles. The average Bonchev–Trinajstić information content (AvgIpc) is 3.75. The van der Waals surface area contributed by atoms with Gasteiger partial charge in [0.15, 0.2) is 17.8 Å². The molecule has 5 rings (SSSR count). The number of aliphatic hydroxyl groups is 1. The number of carbonyl (C=O) groups excluding carboxylic acids is 1. The summed E-state index contributed by atoms with van der Waals surface area (Å²) in [6.07, 6.45) is -0.401. The Morgan fingerprint density at radius 3 is 2.73 bits per heavy atom. The average molecular weight is 644 g/mol. The molecule has 0 unspecified atom stereocenters.